The van der Waals surface area contributed by atoms with Crippen LogP contribution in [0.15, 0.2) is 59.5 Å². The van der Waals surface area contributed by atoms with Gasteiger partial charge in [-0.15, -0.1) is 11.8 Å². The van der Waals surface area contributed by atoms with Gasteiger partial charge >= 0.3 is 6.03 Å². The minimum atomic E-state index is -0.229. The molecular weight excluding hydrogens is 311 g/mol. The first-order valence-corrected chi connectivity index (χ1v) is 8.67. The van der Waals surface area contributed by atoms with E-state index in [-0.39, 0.29) is 11.8 Å². The molecule has 0 fully saturated rings. The highest BCUT2D eigenvalue weighted by atomic mass is 32.2. The van der Waals surface area contributed by atoms with Crippen LogP contribution in [0.4, 0.5) is 9.18 Å². The summed E-state index contributed by atoms with van der Waals surface area (Å²) >= 11 is 1.78. The van der Waals surface area contributed by atoms with Gasteiger partial charge in [-0.3, -0.25) is 0 Å². The predicted molar refractivity (Wildman–Crippen MR) is 93.3 cm³/mol. The van der Waals surface area contributed by atoms with Crippen LogP contribution >= 0.6 is 11.8 Å². The Morgan fingerprint density at radius 2 is 1.65 bits per heavy atom. The number of carbonyl (C=O) groups excluding carboxylic acids is 1. The van der Waals surface area contributed by atoms with Gasteiger partial charge in [-0.25, -0.2) is 9.18 Å². The van der Waals surface area contributed by atoms with Gasteiger partial charge in [0.15, 0.2) is 0 Å². The standard InChI is InChI=1S/C18H21FN2OS/c19-17-10-5-4-7-15(17)11-13-21-18(22)20-12-6-14-23-16-8-2-1-3-9-16/h1-5,7-10H,6,11-14H2,(H2,20,21,22). The summed E-state index contributed by atoms with van der Waals surface area (Å²) in [6, 6.07) is 16.6. The van der Waals surface area contributed by atoms with Gasteiger partial charge < -0.3 is 10.6 Å². The molecule has 0 heterocycles. The molecule has 0 aromatic heterocycles. The second kappa shape index (κ2) is 9.90. The van der Waals surface area contributed by atoms with Crippen LogP contribution in [0.2, 0.25) is 0 Å². The van der Waals surface area contributed by atoms with Crippen LogP contribution < -0.4 is 10.6 Å². The number of nitrogens with one attached hydrogen (secondary N) is 2. The van der Waals surface area contributed by atoms with Gasteiger partial charge in [0.2, 0.25) is 0 Å². The minimum Gasteiger partial charge on any atom is -0.338 e. The topological polar surface area (TPSA) is 41.1 Å². The zero-order valence-electron chi connectivity index (χ0n) is 12.9. The zero-order chi connectivity index (χ0) is 16.3. The molecule has 0 bridgehead atoms. The molecule has 0 aliphatic heterocycles. The molecule has 2 aromatic rings. The highest BCUT2D eigenvalue weighted by Gasteiger charge is 2.02. The van der Waals surface area contributed by atoms with Crippen LogP contribution in [-0.2, 0) is 6.42 Å². The minimum absolute atomic E-state index is 0.203. The Kier molecular flexibility index (Phi) is 7.46. The number of benzene rings is 2. The summed E-state index contributed by atoms with van der Waals surface area (Å²) in [5.74, 6) is 0.729. The second-order valence-corrected chi connectivity index (χ2v) is 6.21. The average Bonchev–Trinajstić information content (AvgIpc) is 2.57. The van der Waals surface area contributed by atoms with Gasteiger partial charge in [0.05, 0.1) is 0 Å². The van der Waals surface area contributed by atoms with Crippen LogP contribution in [0.25, 0.3) is 0 Å². The van der Waals surface area contributed by atoms with E-state index >= 15 is 0 Å². The monoisotopic (exact) mass is 332 g/mol. The number of amides is 2. The maximum Gasteiger partial charge on any atom is 0.314 e. The third-order valence-corrected chi connectivity index (χ3v) is 4.35. The van der Waals surface area contributed by atoms with Crippen molar-refractivity contribution in [2.45, 2.75) is 17.7 Å². The van der Waals surface area contributed by atoms with E-state index < -0.39 is 0 Å². The van der Waals surface area contributed by atoms with Crippen molar-refractivity contribution in [1.82, 2.24) is 10.6 Å². The van der Waals surface area contributed by atoms with E-state index in [1.54, 1.807) is 30.0 Å². The van der Waals surface area contributed by atoms with E-state index in [0.717, 1.165) is 12.2 Å². The van der Waals surface area contributed by atoms with Crippen molar-refractivity contribution < 1.29 is 9.18 Å². The Labute approximate surface area is 140 Å². The van der Waals surface area contributed by atoms with Crippen molar-refractivity contribution >= 4 is 17.8 Å². The highest BCUT2D eigenvalue weighted by molar-refractivity contribution is 7.99. The summed E-state index contributed by atoms with van der Waals surface area (Å²) in [6.07, 6.45) is 1.39. The van der Waals surface area contributed by atoms with Crippen molar-refractivity contribution in [3.63, 3.8) is 0 Å². The van der Waals surface area contributed by atoms with E-state index in [0.29, 0.717) is 25.1 Å². The summed E-state index contributed by atoms with van der Waals surface area (Å²) in [5.41, 5.74) is 0.618. The summed E-state index contributed by atoms with van der Waals surface area (Å²) in [5, 5.41) is 5.56. The van der Waals surface area contributed by atoms with Gasteiger partial charge in [-0.1, -0.05) is 36.4 Å². The molecule has 0 unspecified atom stereocenters. The second-order valence-electron chi connectivity index (χ2n) is 5.04. The lowest BCUT2D eigenvalue weighted by Gasteiger charge is -2.08. The number of carbonyl (C=O) groups is 1. The molecule has 5 heteroatoms. The number of urea groups is 1. The van der Waals surface area contributed by atoms with Gasteiger partial charge in [-0.05, 0) is 42.4 Å². The fourth-order valence-corrected chi connectivity index (χ4v) is 2.93. The zero-order valence-corrected chi connectivity index (χ0v) is 13.7. The lowest BCUT2D eigenvalue weighted by Crippen LogP contribution is -2.37. The highest BCUT2D eigenvalue weighted by Crippen LogP contribution is 2.17. The maximum atomic E-state index is 13.4. The van der Waals surface area contributed by atoms with Crippen molar-refractivity contribution in [1.29, 1.82) is 0 Å². The van der Waals surface area contributed by atoms with Crippen LogP contribution in [0.3, 0.4) is 0 Å². The van der Waals surface area contributed by atoms with E-state index in [1.165, 1.54) is 11.0 Å². The molecule has 2 aromatic carbocycles. The van der Waals surface area contributed by atoms with E-state index in [9.17, 15) is 9.18 Å². The Balaban J connectivity index is 1.53. The van der Waals surface area contributed by atoms with E-state index in [2.05, 4.69) is 22.8 Å². The van der Waals surface area contributed by atoms with E-state index in [1.807, 2.05) is 18.2 Å². The molecule has 0 saturated carbocycles. The SMILES string of the molecule is O=C(NCCCSc1ccccc1)NCCc1ccccc1F. The average molecular weight is 332 g/mol. The molecule has 2 N–H and O–H groups in total. The Morgan fingerprint density at radius 1 is 0.957 bits per heavy atom. The number of hydrogen-bond acceptors (Lipinski definition) is 2. The molecule has 0 spiro atoms. The molecule has 0 aliphatic carbocycles. The Bertz CT molecular complexity index is 607. The molecule has 2 amide bonds. The molecule has 23 heavy (non-hydrogen) atoms. The maximum absolute atomic E-state index is 13.4. The quantitative estimate of drug-likeness (QED) is 0.569. The van der Waals surface area contributed by atoms with Gasteiger partial charge in [0.25, 0.3) is 0 Å². The Hall–Kier alpha value is -2.01. The normalized spacial score (nSPS) is 10.3. The van der Waals surface area contributed by atoms with Gasteiger partial charge in [-0.2, -0.15) is 0 Å². The molecular formula is C18H21FN2OS. The summed E-state index contributed by atoms with van der Waals surface area (Å²) < 4.78 is 13.4. The molecule has 122 valence electrons. The van der Waals surface area contributed by atoms with E-state index in [4.69, 9.17) is 0 Å². The van der Waals surface area contributed by atoms with Crippen molar-refractivity contribution in [2.75, 3.05) is 18.8 Å². The first-order chi connectivity index (χ1) is 11.3. The number of halogens is 1. The lowest BCUT2D eigenvalue weighted by molar-refractivity contribution is 0.241. The first kappa shape index (κ1) is 17.3. The van der Waals surface area contributed by atoms with Crippen molar-refractivity contribution in [3.05, 3.63) is 66.0 Å². The van der Waals surface area contributed by atoms with Crippen molar-refractivity contribution in [3.8, 4) is 0 Å². The molecule has 0 saturated heterocycles. The van der Waals surface area contributed by atoms with Crippen LogP contribution in [-0.4, -0.2) is 24.9 Å². The molecule has 0 radical (unpaired) electrons. The molecule has 0 aliphatic rings. The summed E-state index contributed by atoms with van der Waals surface area (Å²) in [4.78, 5) is 12.9. The third kappa shape index (κ3) is 6.74. The summed E-state index contributed by atoms with van der Waals surface area (Å²) in [7, 11) is 0. The van der Waals surface area contributed by atoms with Crippen LogP contribution in [0.5, 0.6) is 0 Å². The van der Waals surface area contributed by atoms with Crippen LogP contribution in [0, 0.1) is 5.82 Å². The Morgan fingerprint density at radius 3 is 2.43 bits per heavy atom. The smallest absolute Gasteiger partial charge is 0.314 e. The largest absolute Gasteiger partial charge is 0.338 e. The fraction of sp³-hybridized carbons (Fsp3) is 0.278. The number of hydrogen-bond donors (Lipinski definition) is 2. The predicted octanol–water partition coefficient (Wildman–Crippen LogP) is 3.85. The molecule has 0 atom stereocenters. The van der Waals surface area contributed by atoms with Gasteiger partial charge in [0.1, 0.15) is 5.82 Å². The third-order valence-electron chi connectivity index (χ3n) is 3.26. The van der Waals surface area contributed by atoms with Gasteiger partial charge in [0, 0.05) is 18.0 Å². The molecule has 2 rings (SSSR count). The summed E-state index contributed by atoms with van der Waals surface area (Å²) in [6.45, 7) is 1.05. The first-order valence-electron chi connectivity index (χ1n) is 7.68. The fourth-order valence-electron chi connectivity index (χ4n) is 2.06. The lowest BCUT2D eigenvalue weighted by atomic mass is 10.1. The number of rotatable bonds is 8. The van der Waals surface area contributed by atoms with Crippen molar-refractivity contribution in [2.24, 2.45) is 0 Å². The molecule has 3 nitrogen and oxygen atoms in total. The van der Waals surface area contributed by atoms with Crippen LogP contribution in [0.1, 0.15) is 12.0 Å². The number of thioether (sulfide) groups is 1.